The third kappa shape index (κ3) is 2.31. The van der Waals surface area contributed by atoms with Gasteiger partial charge in [-0.2, -0.15) is 0 Å². The van der Waals surface area contributed by atoms with Gasteiger partial charge in [0.05, 0.1) is 0 Å². The first kappa shape index (κ1) is 11.5. The molecular weight excluding hydrogens is 228 g/mol. The van der Waals surface area contributed by atoms with E-state index >= 15 is 0 Å². The number of fused-ring (bicyclic) bond motifs is 2. The summed E-state index contributed by atoms with van der Waals surface area (Å²) in [5.41, 5.74) is 5.55. The van der Waals surface area contributed by atoms with E-state index in [-0.39, 0.29) is 0 Å². The number of carbonyl (C=O) groups excluding carboxylic acids is 1. The van der Waals surface area contributed by atoms with Crippen molar-refractivity contribution in [1.82, 2.24) is 10.3 Å². The SMILES string of the molecule is NC(=O)c1cccc(NC2CC3CCC(C2)N3)n1. The quantitative estimate of drug-likeness (QED) is 0.739. The highest BCUT2D eigenvalue weighted by Crippen LogP contribution is 2.28. The second-order valence-corrected chi connectivity index (χ2v) is 5.22. The maximum atomic E-state index is 11.1. The standard InChI is InChI=1S/C13H18N4O/c14-13(18)11-2-1-3-12(17-11)16-10-6-8-4-5-9(7-10)15-8/h1-3,8-10,15H,4-7H2,(H2,14,18)(H,16,17). The van der Waals surface area contributed by atoms with E-state index in [2.05, 4.69) is 15.6 Å². The molecule has 0 radical (unpaired) electrons. The van der Waals surface area contributed by atoms with Crippen LogP contribution >= 0.6 is 0 Å². The summed E-state index contributed by atoms with van der Waals surface area (Å²) in [6.07, 6.45) is 4.80. The Bertz CT molecular complexity index is 450. The minimum Gasteiger partial charge on any atom is -0.367 e. The van der Waals surface area contributed by atoms with Crippen LogP contribution in [0.2, 0.25) is 0 Å². The number of nitrogens with one attached hydrogen (secondary N) is 2. The van der Waals surface area contributed by atoms with Gasteiger partial charge in [-0.3, -0.25) is 4.79 Å². The molecule has 18 heavy (non-hydrogen) atoms. The molecule has 5 heteroatoms. The molecule has 0 aromatic carbocycles. The number of anilines is 1. The lowest BCUT2D eigenvalue weighted by molar-refractivity contribution is 0.0995. The molecule has 3 rings (SSSR count). The van der Waals surface area contributed by atoms with Crippen molar-refractivity contribution in [3.8, 4) is 0 Å². The average Bonchev–Trinajstić information content (AvgIpc) is 2.69. The Kier molecular flexibility index (Phi) is 2.91. The van der Waals surface area contributed by atoms with E-state index in [0.29, 0.717) is 23.8 Å². The molecule has 4 N–H and O–H groups in total. The lowest BCUT2D eigenvalue weighted by Crippen LogP contribution is -2.43. The maximum Gasteiger partial charge on any atom is 0.267 e. The molecule has 2 aliphatic heterocycles. The lowest BCUT2D eigenvalue weighted by atomic mass is 10.00. The number of rotatable bonds is 3. The van der Waals surface area contributed by atoms with E-state index in [9.17, 15) is 4.79 Å². The van der Waals surface area contributed by atoms with Crippen molar-refractivity contribution in [3.05, 3.63) is 23.9 Å². The molecule has 0 saturated carbocycles. The smallest absolute Gasteiger partial charge is 0.267 e. The molecule has 96 valence electrons. The third-order valence-electron chi connectivity index (χ3n) is 3.83. The number of carbonyl (C=O) groups is 1. The van der Waals surface area contributed by atoms with Gasteiger partial charge >= 0.3 is 0 Å². The van der Waals surface area contributed by atoms with E-state index in [0.717, 1.165) is 18.7 Å². The van der Waals surface area contributed by atoms with Crippen LogP contribution in [0.25, 0.3) is 0 Å². The molecule has 2 atom stereocenters. The van der Waals surface area contributed by atoms with Crippen molar-refractivity contribution in [2.24, 2.45) is 5.73 Å². The zero-order valence-corrected chi connectivity index (χ0v) is 10.2. The number of amides is 1. The van der Waals surface area contributed by atoms with E-state index < -0.39 is 5.91 Å². The summed E-state index contributed by atoms with van der Waals surface area (Å²) in [5.74, 6) is 0.265. The predicted octanol–water partition coefficient (Wildman–Crippen LogP) is 0.875. The van der Waals surface area contributed by atoms with Crippen molar-refractivity contribution in [3.63, 3.8) is 0 Å². The number of pyridine rings is 1. The molecule has 5 nitrogen and oxygen atoms in total. The van der Waals surface area contributed by atoms with Crippen molar-refractivity contribution < 1.29 is 4.79 Å². The van der Waals surface area contributed by atoms with Crippen molar-refractivity contribution >= 4 is 11.7 Å². The highest BCUT2D eigenvalue weighted by molar-refractivity contribution is 5.91. The van der Waals surface area contributed by atoms with Crippen LogP contribution in [-0.2, 0) is 0 Å². The average molecular weight is 246 g/mol. The molecule has 2 bridgehead atoms. The topological polar surface area (TPSA) is 80.0 Å². The van der Waals surface area contributed by atoms with Gasteiger partial charge in [-0.05, 0) is 37.8 Å². The lowest BCUT2D eigenvalue weighted by Gasteiger charge is -2.30. The van der Waals surface area contributed by atoms with Gasteiger partial charge in [0, 0.05) is 18.1 Å². The van der Waals surface area contributed by atoms with Gasteiger partial charge in [0.25, 0.3) is 5.91 Å². The van der Waals surface area contributed by atoms with E-state index in [1.165, 1.54) is 12.8 Å². The van der Waals surface area contributed by atoms with Gasteiger partial charge in [0.15, 0.2) is 0 Å². The summed E-state index contributed by atoms with van der Waals surface area (Å²) in [6, 6.07) is 7.06. The van der Waals surface area contributed by atoms with Crippen LogP contribution in [0.4, 0.5) is 5.82 Å². The van der Waals surface area contributed by atoms with Crippen molar-refractivity contribution in [2.75, 3.05) is 5.32 Å². The van der Waals surface area contributed by atoms with Crippen LogP contribution in [0.5, 0.6) is 0 Å². The molecule has 1 aromatic heterocycles. The number of piperidine rings is 1. The Morgan fingerprint density at radius 3 is 2.72 bits per heavy atom. The number of hydrogen-bond acceptors (Lipinski definition) is 4. The molecular formula is C13H18N4O. The molecule has 2 saturated heterocycles. The molecule has 0 spiro atoms. The van der Waals surface area contributed by atoms with Crippen molar-refractivity contribution in [1.29, 1.82) is 0 Å². The summed E-state index contributed by atoms with van der Waals surface area (Å²) in [5, 5.41) is 7.02. The monoisotopic (exact) mass is 246 g/mol. The fourth-order valence-corrected chi connectivity index (χ4v) is 3.04. The summed E-state index contributed by atoms with van der Waals surface area (Å²) < 4.78 is 0. The summed E-state index contributed by atoms with van der Waals surface area (Å²) >= 11 is 0. The molecule has 2 fully saturated rings. The molecule has 3 heterocycles. The Hall–Kier alpha value is -1.62. The minimum atomic E-state index is -0.482. The van der Waals surface area contributed by atoms with Crippen molar-refractivity contribution in [2.45, 2.75) is 43.8 Å². The zero-order valence-electron chi connectivity index (χ0n) is 10.2. The van der Waals surface area contributed by atoms with Gasteiger partial charge in [-0.25, -0.2) is 4.98 Å². The second kappa shape index (κ2) is 4.57. The van der Waals surface area contributed by atoms with E-state index in [1.54, 1.807) is 6.07 Å². The second-order valence-electron chi connectivity index (χ2n) is 5.22. The molecule has 1 amide bonds. The molecule has 2 unspecified atom stereocenters. The first-order valence-electron chi connectivity index (χ1n) is 6.50. The number of hydrogen-bond donors (Lipinski definition) is 3. The fourth-order valence-electron chi connectivity index (χ4n) is 3.04. The minimum absolute atomic E-state index is 0.317. The first-order valence-corrected chi connectivity index (χ1v) is 6.50. The molecule has 0 aliphatic carbocycles. The largest absolute Gasteiger partial charge is 0.367 e. The normalized spacial score (nSPS) is 30.1. The van der Waals surface area contributed by atoms with Crippen LogP contribution in [0.1, 0.15) is 36.2 Å². The van der Waals surface area contributed by atoms with Gasteiger partial charge in [0.2, 0.25) is 0 Å². The first-order chi connectivity index (χ1) is 8.70. The number of aromatic nitrogens is 1. The highest BCUT2D eigenvalue weighted by Gasteiger charge is 2.33. The van der Waals surface area contributed by atoms with E-state index in [1.807, 2.05) is 12.1 Å². The van der Waals surface area contributed by atoms with Gasteiger partial charge in [-0.1, -0.05) is 6.07 Å². The Morgan fingerprint density at radius 2 is 2.06 bits per heavy atom. The Morgan fingerprint density at radius 1 is 1.33 bits per heavy atom. The van der Waals surface area contributed by atoms with Crippen LogP contribution in [0, 0.1) is 0 Å². The zero-order chi connectivity index (χ0) is 12.5. The summed E-state index contributed by atoms with van der Waals surface area (Å²) in [6.45, 7) is 0. The fraction of sp³-hybridized carbons (Fsp3) is 0.538. The van der Waals surface area contributed by atoms with Crippen LogP contribution in [0.15, 0.2) is 18.2 Å². The van der Waals surface area contributed by atoms with E-state index in [4.69, 9.17) is 5.73 Å². The van der Waals surface area contributed by atoms with Crippen LogP contribution < -0.4 is 16.4 Å². The maximum absolute atomic E-state index is 11.1. The van der Waals surface area contributed by atoms with Gasteiger partial charge in [0.1, 0.15) is 11.5 Å². The Labute approximate surface area is 106 Å². The number of primary amides is 1. The number of nitrogens with two attached hydrogens (primary N) is 1. The van der Waals surface area contributed by atoms with Gasteiger partial charge < -0.3 is 16.4 Å². The molecule has 2 aliphatic rings. The summed E-state index contributed by atoms with van der Waals surface area (Å²) in [4.78, 5) is 15.3. The van der Waals surface area contributed by atoms with Gasteiger partial charge in [-0.15, -0.1) is 0 Å². The number of nitrogens with zero attached hydrogens (tertiary/aromatic N) is 1. The van der Waals surface area contributed by atoms with Crippen LogP contribution in [-0.4, -0.2) is 29.0 Å². The predicted molar refractivity (Wildman–Crippen MR) is 69.3 cm³/mol. The third-order valence-corrected chi connectivity index (χ3v) is 3.83. The summed E-state index contributed by atoms with van der Waals surface area (Å²) in [7, 11) is 0. The van der Waals surface area contributed by atoms with Crippen LogP contribution in [0.3, 0.4) is 0 Å². The highest BCUT2D eigenvalue weighted by atomic mass is 16.1. The Balaban J connectivity index is 1.69. The molecule has 1 aromatic rings.